The van der Waals surface area contributed by atoms with Crippen LogP contribution in [0.15, 0.2) is 33.6 Å². The van der Waals surface area contributed by atoms with E-state index in [-0.39, 0.29) is 22.6 Å². The Morgan fingerprint density at radius 3 is 2.61 bits per heavy atom. The second-order valence-electron chi connectivity index (χ2n) is 7.17. The zero-order valence-corrected chi connectivity index (χ0v) is 17.0. The van der Waals surface area contributed by atoms with Crippen LogP contribution in [0, 0.1) is 5.92 Å². The number of amides is 2. The summed E-state index contributed by atoms with van der Waals surface area (Å²) in [5, 5.41) is 5.54. The van der Waals surface area contributed by atoms with E-state index in [9.17, 15) is 18.0 Å². The summed E-state index contributed by atoms with van der Waals surface area (Å²) in [7, 11) is -3.64. The van der Waals surface area contributed by atoms with Crippen molar-refractivity contribution < 1.29 is 18.0 Å². The van der Waals surface area contributed by atoms with Gasteiger partial charge in [0.2, 0.25) is 11.8 Å². The fourth-order valence-corrected chi connectivity index (χ4v) is 4.70. The van der Waals surface area contributed by atoms with Crippen molar-refractivity contribution in [2.24, 2.45) is 10.3 Å². The van der Waals surface area contributed by atoms with Gasteiger partial charge in [0.15, 0.2) is 5.84 Å². The fraction of sp³-hybridized carbons (Fsp3) is 0.526. The third kappa shape index (κ3) is 4.19. The summed E-state index contributed by atoms with van der Waals surface area (Å²) in [6.45, 7) is 5.31. The maximum atomic E-state index is 12.5. The van der Waals surface area contributed by atoms with Crippen molar-refractivity contribution in [2.45, 2.75) is 44.0 Å². The number of hydrogen-bond acceptors (Lipinski definition) is 5. The fourth-order valence-electron chi connectivity index (χ4n) is 3.47. The van der Waals surface area contributed by atoms with Crippen molar-refractivity contribution in [3.63, 3.8) is 0 Å². The van der Waals surface area contributed by atoms with E-state index >= 15 is 0 Å². The van der Waals surface area contributed by atoms with Crippen molar-refractivity contribution >= 4 is 27.7 Å². The average molecular weight is 407 g/mol. The van der Waals surface area contributed by atoms with Gasteiger partial charge in [-0.25, -0.2) is 0 Å². The molecule has 1 atom stereocenters. The Kier molecular flexibility index (Phi) is 6.02. The Hall–Kier alpha value is -2.42. The van der Waals surface area contributed by atoms with Gasteiger partial charge in [0, 0.05) is 31.1 Å². The van der Waals surface area contributed by atoms with Gasteiger partial charge < -0.3 is 15.5 Å². The molecule has 1 aromatic carbocycles. The first-order valence-electron chi connectivity index (χ1n) is 9.61. The number of likely N-dealkylation sites (tertiary alicyclic amines) is 1. The lowest BCUT2D eigenvalue weighted by atomic mass is 9.95. The van der Waals surface area contributed by atoms with E-state index in [0.29, 0.717) is 43.9 Å². The summed E-state index contributed by atoms with van der Waals surface area (Å²) in [6.07, 6.45) is 2.00. The Balaban J connectivity index is 1.58. The molecule has 0 spiro atoms. The SMILES string of the molecule is CCCNC(=O)[C@H](C)NC(=O)C1CCN(C2=NS(=O)(=O)c3ccccc32)CC1. The molecule has 0 aliphatic carbocycles. The van der Waals surface area contributed by atoms with E-state index in [1.165, 1.54) is 0 Å². The molecule has 0 unspecified atom stereocenters. The first-order valence-corrected chi connectivity index (χ1v) is 11.0. The van der Waals surface area contributed by atoms with Crippen LogP contribution in [-0.4, -0.2) is 56.6 Å². The molecule has 1 fully saturated rings. The number of piperidine rings is 1. The number of carbonyl (C=O) groups excluding carboxylic acids is 2. The molecule has 3 rings (SSSR count). The largest absolute Gasteiger partial charge is 0.355 e. The van der Waals surface area contributed by atoms with Gasteiger partial charge in [0.1, 0.15) is 10.9 Å². The molecule has 2 N–H and O–H groups in total. The Bertz CT molecular complexity index is 889. The van der Waals surface area contributed by atoms with Gasteiger partial charge in [0.05, 0.1) is 0 Å². The lowest BCUT2D eigenvalue weighted by molar-refractivity contribution is -0.131. The molecule has 2 aliphatic heterocycles. The minimum atomic E-state index is -3.64. The van der Waals surface area contributed by atoms with Crippen molar-refractivity contribution in [3.05, 3.63) is 29.8 Å². The molecule has 0 saturated carbocycles. The predicted molar refractivity (Wildman–Crippen MR) is 105 cm³/mol. The summed E-state index contributed by atoms with van der Waals surface area (Å²) in [5.74, 6) is -0.0664. The predicted octanol–water partition coefficient (Wildman–Crippen LogP) is 0.878. The van der Waals surface area contributed by atoms with Gasteiger partial charge in [-0.1, -0.05) is 19.1 Å². The molecule has 1 saturated heterocycles. The van der Waals surface area contributed by atoms with E-state index < -0.39 is 16.1 Å². The number of nitrogens with zero attached hydrogens (tertiary/aromatic N) is 2. The van der Waals surface area contributed by atoms with E-state index in [1.54, 1.807) is 31.2 Å². The van der Waals surface area contributed by atoms with Gasteiger partial charge in [-0.05, 0) is 38.3 Å². The van der Waals surface area contributed by atoms with E-state index in [1.807, 2.05) is 11.8 Å². The van der Waals surface area contributed by atoms with Crippen LogP contribution in [-0.2, 0) is 19.6 Å². The van der Waals surface area contributed by atoms with Crippen LogP contribution in [0.2, 0.25) is 0 Å². The van der Waals surface area contributed by atoms with Gasteiger partial charge in [0.25, 0.3) is 10.0 Å². The lowest BCUT2D eigenvalue weighted by Gasteiger charge is -2.33. The minimum Gasteiger partial charge on any atom is -0.355 e. The molecule has 9 heteroatoms. The first-order chi connectivity index (χ1) is 13.3. The summed E-state index contributed by atoms with van der Waals surface area (Å²) in [4.78, 5) is 26.6. The highest BCUT2D eigenvalue weighted by Gasteiger charge is 2.34. The topological polar surface area (TPSA) is 108 Å². The number of carbonyl (C=O) groups is 2. The van der Waals surface area contributed by atoms with Crippen molar-refractivity contribution in [2.75, 3.05) is 19.6 Å². The third-order valence-corrected chi connectivity index (χ3v) is 6.40. The number of amidine groups is 1. The molecular weight excluding hydrogens is 380 g/mol. The number of hydrogen-bond donors (Lipinski definition) is 2. The van der Waals surface area contributed by atoms with Crippen LogP contribution in [0.4, 0.5) is 0 Å². The number of sulfonamides is 1. The second-order valence-corrected chi connectivity index (χ2v) is 8.74. The van der Waals surface area contributed by atoms with Crippen LogP contribution in [0.25, 0.3) is 0 Å². The van der Waals surface area contributed by atoms with Crippen molar-refractivity contribution in [1.82, 2.24) is 15.5 Å². The molecule has 8 nitrogen and oxygen atoms in total. The Labute approximate surface area is 165 Å². The zero-order chi connectivity index (χ0) is 20.3. The maximum absolute atomic E-state index is 12.5. The van der Waals surface area contributed by atoms with Crippen LogP contribution in [0.3, 0.4) is 0 Å². The summed E-state index contributed by atoms with van der Waals surface area (Å²) in [6, 6.07) is 6.22. The number of fused-ring (bicyclic) bond motifs is 1. The van der Waals surface area contributed by atoms with E-state index in [2.05, 4.69) is 15.0 Å². The molecular formula is C19H26N4O4S. The average Bonchev–Trinajstić information content (AvgIpc) is 2.97. The highest BCUT2D eigenvalue weighted by atomic mass is 32.2. The third-order valence-electron chi connectivity index (χ3n) is 5.08. The second kappa shape index (κ2) is 8.30. The molecule has 2 aliphatic rings. The molecule has 0 bridgehead atoms. The van der Waals surface area contributed by atoms with Gasteiger partial charge >= 0.3 is 0 Å². The molecule has 28 heavy (non-hydrogen) atoms. The Morgan fingerprint density at radius 2 is 1.93 bits per heavy atom. The van der Waals surface area contributed by atoms with Crippen molar-refractivity contribution in [1.29, 1.82) is 0 Å². The zero-order valence-electron chi connectivity index (χ0n) is 16.1. The van der Waals surface area contributed by atoms with E-state index in [4.69, 9.17) is 0 Å². The number of rotatable bonds is 5. The lowest BCUT2D eigenvalue weighted by Crippen LogP contribution is -2.49. The van der Waals surface area contributed by atoms with E-state index in [0.717, 1.165) is 6.42 Å². The van der Waals surface area contributed by atoms with Crippen LogP contribution in [0.5, 0.6) is 0 Å². The molecule has 1 aromatic rings. The normalized spacial score (nSPS) is 19.5. The summed E-state index contributed by atoms with van der Waals surface area (Å²) >= 11 is 0. The summed E-state index contributed by atoms with van der Waals surface area (Å²) in [5.41, 5.74) is 0.617. The Morgan fingerprint density at radius 1 is 1.25 bits per heavy atom. The molecule has 0 radical (unpaired) electrons. The van der Waals surface area contributed by atoms with Crippen LogP contribution in [0.1, 0.15) is 38.7 Å². The maximum Gasteiger partial charge on any atom is 0.285 e. The standard InChI is InChI=1S/C19H26N4O4S/c1-3-10-20-18(24)13(2)21-19(25)14-8-11-23(12-9-14)17-15-6-4-5-7-16(15)28(26,27)22-17/h4-7,13-14H,3,8-12H2,1-2H3,(H,20,24)(H,21,25)/t13-/m0/s1. The monoisotopic (exact) mass is 406 g/mol. The molecule has 2 heterocycles. The van der Waals surface area contributed by atoms with Gasteiger partial charge in [-0.2, -0.15) is 8.42 Å². The molecule has 0 aromatic heterocycles. The highest BCUT2D eigenvalue weighted by Crippen LogP contribution is 2.29. The van der Waals surface area contributed by atoms with Gasteiger partial charge in [-0.15, -0.1) is 4.40 Å². The van der Waals surface area contributed by atoms with Crippen LogP contribution < -0.4 is 10.6 Å². The molecule has 2 amide bonds. The quantitative estimate of drug-likeness (QED) is 0.755. The molecule has 152 valence electrons. The van der Waals surface area contributed by atoms with Crippen molar-refractivity contribution in [3.8, 4) is 0 Å². The highest BCUT2D eigenvalue weighted by molar-refractivity contribution is 7.90. The smallest absolute Gasteiger partial charge is 0.285 e. The number of nitrogens with one attached hydrogen (secondary N) is 2. The number of benzene rings is 1. The van der Waals surface area contributed by atoms with Crippen LogP contribution >= 0.6 is 0 Å². The first kappa shape index (κ1) is 20.3. The minimum absolute atomic E-state index is 0.139. The van der Waals surface area contributed by atoms with Gasteiger partial charge in [-0.3, -0.25) is 9.59 Å². The summed E-state index contributed by atoms with van der Waals surface area (Å²) < 4.78 is 28.4.